The first-order chi connectivity index (χ1) is 9.80. The number of rotatable bonds is 7. The molecule has 106 valence electrons. The summed E-state index contributed by atoms with van der Waals surface area (Å²) in [7, 11) is 0. The molecule has 0 aliphatic carbocycles. The molecule has 0 amide bonds. The Bertz CT molecular complexity index is 529. The minimum absolute atomic E-state index is 0.289. The van der Waals surface area contributed by atoms with Gasteiger partial charge in [0.25, 0.3) is 0 Å². The normalized spacial score (nSPS) is 12.6. The van der Waals surface area contributed by atoms with Gasteiger partial charge >= 0.3 is 0 Å². The summed E-state index contributed by atoms with van der Waals surface area (Å²) in [4.78, 5) is 13.5. The average Bonchev–Trinajstić information content (AvgIpc) is 2.95. The highest BCUT2D eigenvalue weighted by Crippen LogP contribution is 2.23. The lowest BCUT2D eigenvalue weighted by atomic mass is 10.0. The van der Waals surface area contributed by atoms with Crippen LogP contribution in [0.4, 0.5) is 0 Å². The standard InChI is InChI=1S/C17H22N2O/c1-3-18(4-2)17(15-9-6-5-7-10-15)13-19-12-8-11-16(19)14-20/h5-12,14,17H,3-4,13H2,1-2H3. The predicted octanol–water partition coefficient (Wildman–Crippen LogP) is 3.38. The maximum atomic E-state index is 11.1. The molecule has 0 bridgehead atoms. The van der Waals surface area contributed by atoms with Crippen molar-refractivity contribution in [1.82, 2.24) is 9.47 Å². The van der Waals surface area contributed by atoms with E-state index in [0.717, 1.165) is 31.6 Å². The Hall–Kier alpha value is -1.87. The lowest BCUT2D eigenvalue weighted by Crippen LogP contribution is -2.31. The van der Waals surface area contributed by atoms with Crippen molar-refractivity contribution < 1.29 is 4.79 Å². The molecule has 0 spiro atoms. The van der Waals surface area contributed by atoms with Crippen LogP contribution in [0.2, 0.25) is 0 Å². The number of carbonyl (C=O) groups excluding carboxylic acids is 1. The fourth-order valence-corrected chi connectivity index (χ4v) is 2.66. The summed E-state index contributed by atoms with van der Waals surface area (Å²) < 4.78 is 2.03. The summed E-state index contributed by atoms with van der Waals surface area (Å²) in [6.07, 6.45) is 2.90. The van der Waals surface area contributed by atoms with Crippen molar-refractivity contribution >= 4 is 6.29 Å². The molecule has 0 saturated heterocycles. The highest BCUT2D eigenvalue weighted by atomic mass is 16.1. The molecule has 1 atom stereocenters. The number of carbonyl (C=O) groups is 1. The van der Waals surface area contributed by atoms with Crippen LogP contribution in [-0.4, -0.2) is 28.8 Å². The number of likely N-dealkylation sites (N-methyl/N-ethyl adjacent to an activating group) is 1. The maximum Gasteiger partial charge on any atom is 0.166 e. The SMILES string of the molecule is CCN(CC)C(Cn1cccc1C=O)c1ccccc1. The summed E-state index contributed by atoms with van der Waals surface area (Å²) in [6, 6.07) is 14.6. The smallest absolute Gasteiger partial charge is 0.166 e. The summed E-state index contributed by atoms with van der Waals surface area (Å²) in [5, 5.41) is 0. The average molecular weight is 270 g/mol. The maximum absolute atomic E-state index is 11.1. The van der Waals surface area contributed by atoms with Crippen LogP contribution in [0.3, 0.4) is 0 Å². The van der Waals surface area contributed by atoms with Crippen molar-refractivity contribution in [3.05, 3.63) is 59.9 Å². The molecule has 3 nitrogen and oxygen atoms in total. The van der Waals surface area contributed by atoms with Gasteiger partial charge in [0, 0.05) is 12.7 Å². The number of hydrogen-bond acceptors (Lipinski definition) is 2. The van der Waals surface area contributed by atoms with Crippen LogP contribution in [0.1, 0.15) is 35.9 Å². The number of benzene rings is 1. The van der Waals surface area contributed by atoms with Gasteiger partial charge in [0.15, 0.2) is 6.29 Å². The first kappa shape index (κ1) is 14.5. The monoisotopic (exact) mass is 270 g/mol. The summed E-state index contributed by atoms with van der Waals surface area (Å²) in [5.74, 6) is 0. The van der Waals surface area contributed by atoms with Crippen LogP contribution in [0.5, 0.6) is 0 Å². The van der Waals surface area contributed by atoms with Gasteiger partial charge in [-0.05, 0) is 30.8 Å². The molecule has 0 radical (unpaired) electrons. The van der Waals surface area contributed by atoms with Crippen LogP contribution in [0.25, 0.3) is 0 Å². The minimum atomic E-state index is 0.289. The van der Waals surface area contributed by atoms with Crippen LogP contribution in [0, 0.1) is 0 Å². The third-order valence-electron chi connectivity index (χ3n) is 3.79. The van der Waals surface area contributed by atoms with Crippen LogP contribution >= 0.6 is 0 Å². The van der Waals surface area contributed by atoms with E-state index in [2.05, 4.69) is 43.0 Å². The number of nitrogens with zero attached hydrogens (tertiary/aromatic N) is 2. The van der Waals surface area contributed by atoms with Gasteiger partial charge in [0.05, 0.1) is 11.7 Å². The Kier molecular flexibility index (Phi) is 5.13. The predicted molar refractivity (Wildman–Crippen MR) is 81.9 cm³/mol. The molecule has 0 N–H and O–H groups in total. The topological polar surface area (TPSA) is 25.2 Å². The molecular weight excluding hydrogens is 248 g/mol. The lowest BCUT2D eigenvalue weighted by Gasteiger charge is -2.30. The zero-order valence-electron chi connectivity index (χ0n) is 12.2. The summed E-state index contributed by atoms with van der Waals surface area (Å²) >= 11 is 0. The molecule has 2 aromatic rings. The van der Waals surface area contributed by atoms with Crippen molar-refractivity contribution in [2.75, 3.05) is 13.1 Å². The highest BCUT2D eigenvalue weighted by molar-refractivity contribution is 5.72. The molecule has 0 aliphatic rings. The first-order valence-corrected chi connectivity index (χ1v) is 7.19. The largest absolute Gasteiger partial charge is 0.343 e. The zero-order valence-corrected chi connectivity index (χ0v) is 12.2. The molecule has 2 rings (SSSR count). The zero-order chi connectivity index (χ0) is 14.4. The van der Waals surface area contributed by atoms with Crippen LogP contribution in [0.15, 0.2) is 48.7 Å². The van der Waals surface area contributed by atoms with Crippen molar-refractivity contribution in [2.24, 2.45) is 0 Å². The van der Waals surface area contributed by atoms with Crippen molar-refractivity contribution in [3.8, 4) is 0 Å². The minimum Gasteiger partial charge on any atom is -0.343 e. The number of aldehydes is 1. The van der Waals surface area contributed by atoms with E-state index < -0.39 is 0 Å². The third-order valence-corrected chi connectivity index (χ3v) is 3.79. The van der Waals surface area contributed by atoms with E-state index in [0.29, 0.717) is 0 Å². The van der Waals surface area contributed by atoms with Gasteiger partial charge in [0.1, 0.15) is 0 Å². The molecule has 1 heterocycles. The van der Waals surface area contributed by atoms with Gasteiger partial charge in [0.2, 0.25) is 0 Å². The van der Waals surface area contributed by atoms with Gasteiger partial charge in [-0.1, -0.05) is 44.2 Å². The fourth-order valence-electron chi connectivity index (χ4n) is 2.66. The molecular formula is C17H22N2O. The van der Waals surface area contributed by atoms with Crippen LogP contribution < -0.4 is 0 Å². The Morgan fingerprint density at radius 3 is 2.40 bits per heavy atom. The third kappa shape index (κ3) is 3.17. The van der Waals surface area contributed by atoms with Crippen molar-refractivity contribution in [3.63, 3.8) is 0 Å². The molecule has 1 aromatic heterocycles. The Labute approximate surface area is 120 Å². The van der Waals surface area contributed by atoms with Gasteiger partial charge in [-0.15, -0.1) is 0 Å². The number of aromatic nitrogens is 1. The van der Waals surface area contributed by atoms with E-state index in [-0.39, 0.29) is 6.04 Å². The van der Waals surface area contributed by atoms with E-state index >= 15 is 0 Å². The lowest BCUT2D eigenvalue weighted by molar-refractivity contribution is 0.111. The molecule has 1 unspecified atom stereocenters. The van der Waals surface area contributed by atoms with E-state index in [1.54, 1.807) is 0 Å². The van der Waals surface area contributed by atoms with Gasteiger partial charge in [-0.25, -0.2) is 0 Å². The molecule has 1 aromatic carbocycles. The van der Waals surface area contributed by atoms with Gasteiger partial charge in [-0.3, -0.25) is 9.69 Å². The highest BCUT2D eigenvalue weighted by Gasteiger charge is 2.18. The Morgan fingerprint density at radius 2 is 1.80 bits per heavy atom. The van der Waals surface area contributed by atoms with Gasteiger partial charge < -0.3 is 4.57 Å². The number of hydrogen-bond donors (Lipinski definition) is 0. The van der Waals surface area contributed by atoms with Crippen molar-refractivity contribution in [1.29, 1.82) is 0 Å². The summed E-state index contributed by atoms with van der Waals surface area (Å²) in [6.45, 7) is 7.14. The second-order valence-electron chi connectivity index (χ2n) is 4.85. The first-order valence-electron chi connectivity index (χ1n) is 7.19. The fraction of sp³-hybridized carbons (Fsp3) is 0.353. The Balaban J connectivity index is 2.30. The van der Waals surface area contributed by atoms with E-state index in [4.69, 9.17) is 0 Å². The molecule has 0 aliphatic heterocycles. The van der Waals surface area contributed by atoms with Crippen LogP contribution in [-0.2, 0) is 6.54 Å². The van der Waals surface area contributed by atoms with E-state index in [1.165, 1.54) is 5.56 Å². The second-order valence-corrected chi connectivity index (χ2v) is 4.85. The summed E-state index contributed by atoms with van der Waals surface area (Å²) in [5.41, 5.74) is 2.03. The van der Waals surface area contributed by atoms with Crippen molar-refractivity contribution in [2.45, 2.75) is 26.4 Å². The molecule has 0 fully saturated rings. The molecule has 3 heteroatoms. The Morgan fingerprint density at radius 1 is 1.10 bits per heavy atom. The second kappa shape index (κ2) is 7.06. The molecule has 0 saturated carbocycles. The van der Waals surface area contributed by atoms with E-state index in [1.807, 2.05) is 29.0 Å². The van der Waals surface area contributed by atoms with Gasteiger partial charge in [-0.2, -0.15) is 0 Å². The quantitative estimate of drug-likeness (QED) is 0.721. The molecule has 20 heavy (non-hydrogen) atoms. The van der Waals surface area contributed by atoms with E-state index in [9.17, 15) is 4.79 Å².